The van der Waals surface area contributed by atoms with Crippen molar-refractivity contribution in [3.05, 3.63) is 29.8 Å². The maximum atomic E-state index is 11.8. The SMILES string of the molecule is CC(=O)C1(c2ccc(OC(C)C)cc2)CCC1. The summed E-state index contributed by atoms with van der Waals surface area (Å²) in [5, 5.41) is 0. The lowest BCUT2D eigenvalue weighted by atomic mass is 9.62. The van der Waals surface area contributed by atoms with Crippen LogP contribution in [0, 0.1) is 0 Å². The van der Waals surface area contributed by atoms with Crippen molar-refractivity contribution in [3.8, 4) is 5.75 Å². The van der Waals surface area contributed by atoms with Gasteiger partial charge in [0.15, 0.2) is 0 Å². The largest absolute Gasteiger partial charge is 0.491 e. The van der Waals surface area contributed by atoms with Gasteiger partial charge in [0.25, 0.3) is 0 Å². The summed E-state index contributed by atoms with van der Waals surface area (Å²) in [5.41, 5.74) is 0.948. The molecule has 1 aromatic rings. The summed E-state index contributed by atoms with van der Waals surface area (Å²) >= 11 is 0. The molecule has 1 aliphatic rings. The van der Waals surface area contributed by atoms with Gasteiger partial charge in [-0.3, -0.25) is 4.79 Å². The first-order valence-corrected chi connectivity index (χ1v) is 6.33. The van der Waals surface area contributed by atoms with E-state index in [4.69, 9.17) is 4.74 Å². The third-order valence-corrected chi connectivity index (χ3v) is 3.66. The molecule has 0 amide bonds. The predicted octanol–water partition coefficient (Wildman–Crippen LogP) is 3.48. The molecule has 1 aromatic carbocycles. The molecule has 0 atom stereocenters. The molecule has 0 radical (unpaired) electrons. The third kappa shape index (κ3) is 2.21. The van der Waals surface area contributed by atoms with E-state index in [1.54, 1.807) is 6.92 Å². The van der Waals surface area contributed by atoms with Gasteiger partial charge >= 0.3 is 0 Å². The quantitative estimate of drug-likeness (QED) is 0.794. The Balaban J connectivity index is 2.20. The molecule has 0 spiro atoms. The van der Waals surface area contributed by atoms with Gasteiger partial charge in [0.2, 0.25) is 0 Å². The second-order valence-electron chi connectivity index (χ2n) is 5.18. The molecule has 1 saturated carbocycles. The van der Waals surface area contributed by atoms with Crippen molar-refractivity contribution in [2.24, 2.45) is 0 Å². The Morgan fingerprint density at radius 2 is 1.82 bits per heavy atom. The van der Waals surface area contributed by atoms with Crippen LogP contribution in [0.15, 0.2) is 24.3 Å². The third-order valence-electron chi connectivity index (χ3n) is 3.66. The van der Waals surface area contributed by atoms with Crippen molar-refractivity contribution in [2.75, 3.05) is 0 Å². The highest BCUT2D eigenvalue weighted by molar-refractivity contribution is 5.89. The first kappa shape index (κ1) is 12.2. The van der Waals surface area contributed by atoms with Crippen LogP contribution in [0.25, 0.3) is 0 Å². The van der Waals surface area contributed by atoms with Gasteiger partial charge in [-0.25, -0.2) is 0 Å². The molecule has 0 aliphatic heterocycles. The molecule has 1 aliphatic carbocycles. The summed E-state index contributed by atoms with van der Waals surface area (Å²) in [7, 11) is 0. The van der Waals surface area contributed by atoms with E-state index in [1.807, 2.05) is 38.1 Å². The number of Topliss-reactive ketones (excluding diaryl/α,β-unsaturated/α-hetero) is 1. The predicted molar refractivity (Wildman–Crippen MR) is 68.4 cm³/mol. The molecule has 0 unspecified atom stereocenters. The zero-order valence-electron chi connectivity index (χ0n) is 10.8. The summed E-state index contributed by atoms with van der Waals surface area (Å²) in [4.78, 5) is 11.8. The molecule has 17 heavy (non-hydrogen) atoms. The summed E-state index contributed by atoms with van der Waals surface area (Å²) < 4.78 is 5.61. The van der Waals surface area contributed by atoms with E-state index in [0.29, 0.717) is 5.78 Å². The Hall–Kier alpha value is -1.31. The second-order valence-corrected chi connectivity index (χ2v) is 5.18. The van der Waals surface area contributed by atoms with E-state index in [0.717, 1.165) is 30.6 Å². The lowest BCUT2D eigenvalue weighted by Crippen LogP contribution is -2.40. The number of ether oxygens (including phenoxy) is 1. The summed E-state index contributed by atoms with van der Waals surface area (Å²) in [5.74, 6) is 1.17. The Labute approximate surface area is 103 Å². The van der Waals surface area contributed by atoms with Gasteiger partial charge < -0.3 is 4.74 Å². The molecular weight excluding hydrogens is 212 g/mol. The smallest absolute Gasteiger partial charge is 0.140 e. The molecule has 2 nitrogen and oxygen atoms in total. The van der Waals surface area contributed by atoms with Crippen LogP contribution in [-0.4, -0.2) is 11.9 Å². The minimum atomic E-state index is -0.198. The number of ketones is 1. The lowest BCUT2D eigenvalue weighted by molar-refractivity contribution is -0.125. The monoisotopic (exact) mass is 232 g/mol. The molecular formula is C15H20O2. The number of hydrogen-bond donors (Lipinski definition) is 0. The fourth-order valence-corrected chi connectivity index (χ4v) is 2.50. The van der Waals surface area contributed by atoms with Crippen LogP contribution in [0.1, 0.15) is 45.6 Å². The Morgan fingerprint density at radius 1 is 1.24 bits per heavy atom. The zero-order valence-corrected chi connectivity index (χ0v) is 10.8. The Morgan fingerprint density at radius 3 is 2.18 bits per heavy atom. The number of hydrogen-bond acceptors (Lipinski definition) is 2. The molecule has 92 valence electrons. The van der Waals surface area contributed by atoms with Gasteiger partial charge in [-0.2, -0.15) is 0 Å². The maximum Gasteiger partial charge on any atom is 0.140 e. The second kappa shape index (κ2) is 4.52. The van der Waals surface area contributed by atoms with E-state index >= 15 is 0 Å². The van der Waals surface area contributed by atoms with Gasteiger partial charge in [0.05, 0.1) is 11.5 Å². The topological polar surface area (TPSA) is 26.3 Å². The van der Waals surface area contributed by atoms with Crippen molar-refractivity contribution in [3.63, 3.8) is 0 Å². The van der Waals surface area contributed by atoms with Crippen LogP contribution in [0.5, 0.6) is 5.75 Å². The van der Waals surface area contributed by atoms with E-state index in [2.05, 4.69) is 0 Å². The van der Waals surface area contributed by atoms with Crippen molar-refractivity contribution < 1.29 is 9.53 Å². The van der Waals surface area contributed by atoms with E-state index in [-0.39, 0.29) is 11.5 Å². The van der Waals surface area contributed by atoms with Crippen LogP contribution < -0.4 is 4.74 Å². The summed E-state index contributed by atoms with van der Waals surface area (Å²) in [6.45, 7) is 5.73. The summed E-state index contributed by atoms with van der Waals surface area (Å²) in [6.07, 6.45) is 3.33. The standard InChI is InChI=1S/C15H20O2/c1-11(2)17-14-7-5-13(6-8-14)15(12(3)16)9-4-10-15/h5-8,11H,4,9-10H2,1-3H3. The van der Waals surface area contributed by atoms with Crippen LogP contribution in [0.2, 0.25) is 0 Å². The number of benzene rings is 1. The van der Waals surface area contributed by atoms with E-state index < -0.39 is 0 Å². The molecule has 0 N–H and O–H groups in total. The lowest BCUT2D eigenvalue weighted by Gasteiger charge is -2.40. The fourth-order valence-electron chi connectivity index (χ4n) is 2.50. The van der Waals surface area contributed by atoms with Crippen LogP contribution >= 0.6 is 0 Å². The van der Waals surface area contributed by atoms with Crippen molar-refractivity contribution in [2.45, 2.75) is 51.6 Å². The van der Waals surface area contributed by atoms with E-state index in [1.165, 1.54) is 0 Å². The van der Waals surface area contributed by atoms with Crippen LogP contribution in [0.3, 0.4) is 0 Å². The van der Waals surface area contributed by atoms with Gasteiger partial charge in [-0.1, -0.05) is 18.6 Å². The molecule has 0 saturated heterocycles. The minimum absolute atomic E-state index is 0.186. The van der Waals surface area contributed by atoms with Gasteiger partial charge in [0, 0.05) is 0 Å². The molecule has 2 rings (SSSR count). The van der Waals surface area contributed by atoms with Gasteiger partial charge in [-0.05, 0) is 51.3 Å². The highest BCUT2D eigenvalue weighted by atomic mass is 16.5. The maximum absolute atomic E-state index is 11.8. The van der Waals surface area contributed by atoms with Crippen molar-refractivity contribution >= 4 is 5.78 Å². The van der Waals surface area contributed by atoms with Crippen molar-refractivity contribution in [1.29, 1.82) is 0 Å². The summed E-state index contributed by atoms with van der Waals surface area (Å²) in [6, 6.07) is 8.02. The first-order valence-electron chi connectivity index (χ1n) is 6.33. The number of rotatable bonds is 4. The van der Waals surface area contributed by atoms with Crippen molar-refractivity contribution in [1.82, 2.24) is 0 Å². The normalized spacial score (nSPS) is 17.6. The highest BCUT2D eigenvalue weighted by Gasteiger charge is 2.42. The molecule has 0 heterocycles. The minimum Gasteiger partial charge on any atom is -0.491 e. The first-order chi connectivity index (χ1) is 8.04. The molecule has 2 heteroatoms. The molecule has 0 aromatic heterocycles. The van der Waals surface area contributed by atoms with Crippen LogP contribution in [-0.2, 0) is 10.2 Å². The van der Waals surface area contributed by atoms with Gasteiger partial charge in [0.1, 0.15) is 11.5 Å². The zero-order chi connectivity index (χ0) is 12.5. The number of carbonyl (C=O) groups excluding carboxylic acids is 1. The highest BCUT2D eigenvalue weighted by Crippen LogP contribution is 2.44. The number of carbonyl (C=O) groups is 1. The fraction of sp³-hybridized carbons (Fsp3) is 0.533. The van der Waals surface area contributed by atoms with E-state index in [9.17, 15) is 4.79 Å². The van der Waals surface area contributed by atoms with Gasteiger partial charge in [-0.15, -0.1) is 0 Å². The Bertz CT molecular complexity index is 399. The molecule has 0 bridgehead atoms. The molecule has 1 fully saturated rings. The average molecular weight is 232 g/mol. The Kier molecular flexibility index (Phi) is 3.23. The van der Waals surface area contributed by atoms with Crippen LogP contribution in [0.4, 0.5) is 0 Å². The average Bonchev–Trinajstić information content (AvgIpc) is 2.17.